The molecule has 0 radical (unpaired) electrons. The zero-order valence-corrected chi connectivity index (χ0v) is 13.8. The van der Waals surface area contributed by atoms with Crippen LogP contribution in [0.1, 0.15) is 11.1 Å². The van der Waals surface area contributed by atoms with Crippen molar-refractivity contribution in [3.8, 4) is 5.75 Å². The lowest BCUT2D eigenvalue weighted by atomic mass is 10.2. The number of ether oxygens (including phenoxy) is 1. The molecule has 24 heavy (non-hydrogen) atoms. The lowest BCUT2D eigenvalue weighted by Crippen LogP contribution is -2.03. The highest BCUT2D eigenvalue weighted by Crippen LogP contribution is 2.21. The molecule has 0 amide bonds. The second-order valence-electron chi connectivity index (χ2n) is 5.22. The van der Waals surface area contributed by atoms with Gasteiger partial charge in [0.15, 0.2) is 0 Å². The number of nitrogens with one attached hydrogen (secondary N) is 1. The van der Waals surface area contributed by atoms with Crippen molar-refractivity contribution in [2.75, 3.05) is 5.32 Å². The smallest absolute Gasteiger partial charge is 0.489 e. The molecule has 0 aliphatic heterocycles. The maximum atomic E-state index is 11.3. The van der Waals surface area contributed by atoms with Crippen LogP contribution in [0, 0.1) is 0 Å². The highest BCUT2D eigenvalue weighted by Gasteiger charge is 2.15. The predicted molar refractivity (Wildman–Crippen MR) is 95.1 cm³/mol. The van der Waals surface area contributed by atoms with Gasteiger partial charge in [0.25, 0.3) is 4.90 Å². The van der Waals surface area contributed by atoms with Gasteiger partial charge in [-0.3, -0.25) is 4.98 Å². The molecule has 3 rings (SSSR count). The average molecular weight is 337 g/mol. The van der Waals surface area contributed by atoms with Crippen LogP contribution in [0.5, 0.6) is 5.75 Å². The van der Waals surface area contributed by atoms with Crippen molar-refractivity contribution >= 4 is 17.4 Å². The van der Waals surface area contributed by atoms with Crippen LogP contribution < -0.4 is 10.1 Å². The summed E-state index contributed by atoms with van der Waals surface area (Å²) in [7, 11) is 0. The van der Waals surface area contributed by atoms with Gasteiger partial charge in [-0.1, -0.05) is 24.3 Å². The molecule has 1 aromatic heterocycles. The third-order valence-corrected chi connectivity index (χ3v) is 4.08. The number of pyridine rings is 1. The molecule has 1 N–H and O–H groups in total. The molecule has 0 atom stereocenters. The molecule has 5 heteroatoms. The van der Waals surface area contributed by atoms with Gasteiger partial charge in [-0.2, -0.15) is 0 Å². The molecule has 120 valence electrons. The molecule has 2 aromatic carbocycles. The van der Waals surface area contributed by atoms with E-state index in [9.17, 15) is 4.21 Å². The van der Waals surface area contributed by atoms with Crippen LogP contribution >= 0.6 is 0 Å². The molecular weight excluding hydrogens is 320 g/mol. The Morgan fingerprint density at radius 3 is 2.67 bits per heavy atom. The van der Waals surface area contributed by atoms with Gasteiger partial charge in [0.05, 0.1) is 0 Å². The lowest BCUT2D eigenvalue weighted by Gasteiger charge is -2.09. The fraction of sp³-hybridized carbons (Fsp3) is 0.105. The van der Waals surface area contributed by atoms with Crippen molar-refractivity contribution < 1.29 is 8.95 Å². The summed E-state index contributed by atoms with van der Waals surface area (Å²) >= 11 is 0.498. The van der Waals surface area contributed by atoms with Gasteiger partial charge in [-0.15, -0.1) is 0 Å². The van der Waals surface area contributed by atoms with Crippen molar-refractivity contribution in [1.29, 1.82) is 0 Å². The number of rotatable bonds is 7. The predicted octanol–water partition coefficient (Wildman–Crippen LogP) is 4.06. The first-order chi connectivity index (χ1) is 11.8. The largest absolute Gasteiger partial charge is 0.505 e. The van der Waals surface area contributed by atoms with Gasteiger partial charge < -0.3 is 10.1 Å². The van der Waals surface area contributed by atoms with Crippen LogP contribution in [0.4, 0.5) is 5.69 Å². The van der Waals surface area contributed by atoms with Crippen molar-refractivity contribution in [2.24, 2.45) is 0 Å². The van der Waals surface area contributed by atoms with Crippen LogP contribution in [0.2, 0.25) is 0 Å². The average Bonchev–Trinajstić information content (AvgIpc) is 2.66. The Kier molecular flexibility index (Phi) is 5.48. The van der Waals surface area contributed by atoms with E-state index >= 15 is 0 Å². The molecular formula is C19H17N2O2S+. The molecule has 0 saturated carbocycles. The molecule has 0 saturated heterocycles. The molecule has 0 fully saturated rings. The quantitative estimate of drug-likeness (QED) is 0.661. The zero-order valence-electron chi connectivity index (χ0n) is 13.0. The number of benzene rings is 2. The standard InChI is InChI=1S/C19H17N2O2S/c22-24-19-9-8-18(23-14-15-5-4-10-20-12-15)11-16(19)13-21-17-6-2-1-3-7-17/h1-12,21H,13-14H2/q+1. The summed E-state index contributed by atoms with van der Waals surface area (Å²) in [5, 5.41) is 3.32. The van der Waals surface area contributed by atoms with Crippen LogP contribution in [0.15, 0.2) is 78.0 Å². The Morgan fingerprint density at radius 2 is 1.92 bits per heavy atom. The number of nitrogens with zero attached hydrogens (tertiary/aromatic N) is 1. The topological polar surface area (TPSA) is 51.2 Å². The van der Waals surface area contributed by atoms with E-state index in [0.29, 0.717) is 29.7 Å². The fourth-order valence-corrected chi connectivity index (χ4v) is 2.63. The van der Waals surface area contributed by atoms with Gasteiger partial charge in [-0.25, -0.2) is 0 Å². The summed E-state index contributed by atoms with van der Waals surface area (Å²) < 4.78 is 17.1. The lowest BCUT2D eigenvalue weighted by molar-refractivity contribution is 0.305. The van der Waals surface area contributed by atoms with E-state index in [1.165, 1.54) is 0 Å². The van der Waals surface area contributed by atoms with E-state index in [0.717, 1.165) is 22.6 Å². The molecule has 0 bridgehead atoms. The van der Waals surface area contributed by atoms with Crippen LogP contribution in [-0.4, -0.2) is 4.98 Å². The van der Waals surface area contributed by atoms with Crippen molar-refractivity contribution in [3.63, 3.8) is 0 Å². The van der Waals surface area contributed by atoms with Gasteiger partial charge in [-0.05, 0) is 30.3 Å². The summed E-state index contributed by atoms with van der Waals surface area (Å²) in [5.74, 6) is 0.738. The molecule has 1 heterocycles. The van der Waals surface area contributed by atoms with Gasteiger partial charge in [0.2, 0.25) is 0 Å². The van der Waals surface area contributed by atoms with Crippen molar-refractivity contribution in [2.45, 2.75) is 18.0 Å². The van der Waals surface area contributed by atoms with E-state index in [-0.39, 0.29) is 0 Å². The van der Waals surface area contributed by atoms with Gasteiger partial charge in [0, 0.05) is 46.0 Å². The van der Waals surface area contributed by atoms with Gasteiger partial charge >= 0.3 is 11.7 Å². The van der Waals surface area contributed by atoms with E-state index in [4.69, 9.17) is 4.74 Å². The summed E-state index contributed by atoms with van der Waals surface area (Å²) in [6.07, 6.45) is 3.51. The third-order valence-electron chi connectivity index (χ3n) is 3.51. The Labute approximate surface area is 145 Å². The van der Waals surface area contributed by atoms with Crippen molar-refractivity contribution in [3.05, 3.63) is 84.2 Å². The number of para-hydroxylation sites is 1. The minimum atomic E-state index is 0.448. The van der Waals surface area contributed by atoms with Crippen molar-refractivity contribution in [1.82, 2.24) is 4.98 Å². The maximum absolute atomic E-state index is 11.3. The Hall–Kier alpha value is -2.79. The monoisotopic (exact) mass is 337 g/mol. The molecule has 4 nitrogen and oxygen atoms in total. The molecule has 0 unspecified atom stereocenters. The Morgan fingerprint density at radius 1 is 1.04 bits per heavy atom. The molecule has 0 spiro atoms. The number of hydrogen-bond acceptors (Lipinski definition) is 4. The summed E-state index contributed by atoms with van der Waals surface area (Å²) in [5.41, 5.74) is 2.94. The Bertz CT molecular complexity index is 795. The molecule has 0 aliphatic rings. The Balaban J connectivity index is 1.69. The first kappa shape index (κ1) is 16.1. The first-order valence-corrected chi connectivity index (χ1v) is 8.32. The summed E-state index contributed by atoms with van der Waals surface area (Å²) in [6, 6.07) is 19.3. The number of anilines is 1. The second kappa shape index (κ2) is 8.17. The van der Waals surface area contributed by atoms with E-state index in [1.807, 2.05) is 54.6 Å². The fourth-order valence-electron chi connectivity index (χ4n) is 2.27. The summed E-state index contributed by atoms with van der Waals surface area (Å²) in [6.45, 7) is 1.02. The van der Waals surface area contributed by atoms with Crippen LogP contribution in [0.25, 0.3) is 0 Å². The van der Waals surface area contributed by atoms with E-state index in [2.05, 4.69) is 10.3 Å². The number of hydrogen-bond donors (Lipinski definition) is 1. The highest BCUT2D eigenvalue weighted by molar-refractivity contribution is 7.65. The first-order valence-electron chi connectivity index (χ1n) is 7.58. The maximum Gasteiger partial charge on any atom is 0.505 e. The van der Waals surface area contributed by atoms with E-state index in [1.54, 1.807) is 18.5 Å². The number of aromatic nitrogens is 1. The normalized spacial score (nSPS) is 10.2. The SMILES string of the molecule is O=[S+]c1ccc(OCc2cccnc2)cc1CNc1ccccc1. The van der Waals surface area contributed by atoms with Crippen LogP contribution in [0.3, 0.4) is 0 Å². The third kappa shape index (κ3) is 4.36. The minimum absolute atomic E-state index is 0.448. The highest BCUT2D eigenvalue weighted by atomic mass is 32.1. The molecule has 3 aromatic rings. The van der Waals surface area contributed by atoms with Crippen LogP contribution in [-0.2, 0) is 29.0 Å². The zero-order chi connectivity index (χ0) is 16.6. The summed E-state index contributed by atoms with van der Waals surface area (Å²) in [4.78, 5) is 4.77. The second-order valence-corrected chi connectivity index (χ2v) is 5.83. The van der Waals surface area contributed by atoms with E-state index < -0.39 is 0 Å². The minimum Gasteiger partial charge on any atom is -0.489 e. The molecule has 0 aliphatic carbocycles. The van der Waals surface area contributed by atoms with Gasteiger partial charge in [0.1, 0.15) is 12.4 Å².